The van der Waals surface area contributed by atoms with E-state index in [0.29, 0.717) is 12.2 Å². The molecule has 16 heavy (non-hydrogen) atoms. The van der Waals surface area contributed by atoms with Gasteiger partial charge in [-0.15, -0.1) is 0 Å². The van der Waals surface area contributed by atoms with Gasteiger partial charge >= 0.3 is 0 Å². The number of hydrogen-bond donors (Lipinski definition) is 2. The average molecular weight is 214 g/mol. The second-order valence-corrected chi connectivity index (χ2v) is 3.66. The molecule has 0 unspecified atom stereocenters. The minimum Gasteiger partial charge on any atom is -0.396 e. The van der Waals surface area contributed by atoms with E-state index in [1.54, 1.807) is 18.6 Å². The summed E-state index contributed by atoms with van der Waals surface area (Å²) in [6.07, 6.45) is 5.33. The molecule has 0 bridgehead atoms. The molecule has 0 saturated carbocycles. The zero-order chi connectivity index (χ0) is 11.4. The first-order valence-electron chi connectivity index (χ1n) is 5.10. The third-order valence-electron chi connectivity index (χ3n) is 2.26. The number of aryl methyl sites for hydroxylation is 1. The SMILES string of the molecule is Cc1cnc(NCc2ccncc2)c(N)c1. The van der Waals surface area contributed by atoms with Crippen molar-refractivity contribution in [1.29, 1.82) is 0 Å². The van der Waals surface area contributed by atoms with Crippen LogP contribution in [0.2, 0.25) is 0 Å². The van der Waals surface area contributed by atoms with E-state index >= 15 is 0 Å². The fraction of sp³-hybridized carbons (Fsp3) is 0.167. The van der Waals surface area contributed by atoms with Crippen LogP contribution in [0.4, 0.5) is 11.5 Å². The largest absolute Gasteiger partial charge is 0.396 e. The quantitative estimate of drug-likeness (QED) is 0.820. The number of nitrogen functional groups attached to an aromatic ring is 1. The number of aromatic nitrogens is 2. The van der Waals surface area contributed by atoms with Crippen LogP contribution in [-0.4, -0.2) is 9.97 Å². The van der Waals surface area contributed by atoms with E-state index in [-0.39, 0.29) is 0 Å². The molecule has 0 amide bonds. The highest BCUT2D eigenvalue weighted by molar-refractivity contribution is 5.61. The molecule has 4 nitrogen and oxygen atoms in total. The Morgan fingerprint density at radius 1 is 1.31 bits per heavy atom. The predicted octanol–water partition coefficient (Wildman–Crippen LogP) is 1.98. The number of anilines is 2. The molecule has 2 heterocycles. The summed E-state index contributed by atoms with van der Waals surface area (Å²) in [6.45, 7) is 2.67. The average Bonchev–Trinajstić information content (AvgIpc) is 2.29. The Labute approximate surface area is 94.5 Å². The van der Waals surface area contributed by atoms with Crippen LogP contribution in [0.5, 0.6) is 0 Å². The van der Waals surface area contributed by atoms with Gasteiger partial charge in [-0.1, -0.05) is 0 Å². The van der Waals surface area contributed by atoms with Gasteiger partial charge < -0.3 is 11.1 Å². The summed E-state index contributed by atoms with van der Waals surface area (Å²) in [6, 6.07) is 5.82. The zero-order valence-electron chi connectivity index (χ0n) is 9.14. The molecule has 2 rings (SSSR count). The van der Waals surface area contributed by atoms with E-state index in [0.717, 1.165) is 16.9 Å². The van der Waals surface area contributed by atoms with Crippen LogP contribution in [0.15, 0.2) is 36.8 Å². The van der Waals surface area contributed by atoms with E-state index in [1.165, 1.54) is 0 Å². The van der Waals surface area contributed by atoms with Crippen LogP contribution < -0.4 is 11.1 Å². The van der Waals surface area contributed by atoms with Crippen LogP contribution >= 0.6 is 0 Å². The summed E-state index contributed by atoms with van der Waals surface area (Å²) in [7, 11) is 0. The summed E-state index contributed by atoms with van der Waals surface area (Å²) in [5.74, 6) is 0.724. The lowest BCUT2D eigenvalue weighted by atomic mass is 10.2. The highest BCUT2D eigenvalue weighted by Gasteiger charge is 2.00. The van der Waals surface area contributed by atoms with Crippen molar-refractivity contribution >= 4 is 11.5 Å². The molecule has 2 aromatic rings. The molecule has 0 spiro atoms. The lowest BCUT2D eigenvalue weighted by Crippen LogP contribution is -2.04. The summed E-state index contributed by atoms with van der Waals surface area (Å²) in [5, 5.41) is 3.19. The molecule has 82 valence electrons. The van der Waals surface area contributed by atoms with Gasteiger partial charge in [0.25, 0.3) is 0 Å². The first-order chi connectivity index (χ1) is 7.75. The standard InChI is InChI=1S/C12H14N4/c1-9-6-11(13)12(15-7-9)16-8-10-2-4-14-5-3-10/h2-7H,8,13H2,1H3,(H,15,16). The molecule has 0 aliphatic rings. The number of nitrogens with one attached hydrogen (secondary N) is 1. The molecule has 4 heteroatoms. The van der Waals surface area contributed by atoms with Crippen molar-refractivity contribution in [3.63, 3.8) is 0 Å². The van der Waals surface area contributed by atoms with Crippen LogP contribution in [0.1, 0.15) is 11.1 Å². The maximum Gasteiger partial charge on any atom is 0.149 e. The topological polar surface area (TPSA) is 63.8 Å². The Balaban J connectivity index is 2.05. The number of pyridine rings is 2. The van der Waals surface area contributed by atoms with Gasteiger partial charge in [-0.05, 0) is 36.2 Å². The number of hydrogen-bond acceptors (Lipinski definition) is 4. The Morgan fingerprint density at radius 2 is 2.06 bits per heavy atom. The van der Waals surface area contributed by atoms with Crippen LogP contribution in [0.3, 0.4) is 0 Å². The van der Waals surface area contributed by atoms with Crippen LogP contribution in [-0.2, 0) is 6.54 Å². The predicted molar refractivity (Wildman–Crippen MR) is 65.0 cm³/mol. The Bertz CT molecular complexity index is 468. The monoisotopic (exact) mass is 214 g/mol. The molecule has 0 radical (unpaired) electrons. The van der Waals surface area contributed by atoms with Gasteiger partial charge in [0.15, 0.2) is 0 Å². The van der Waals surface area contributed by atoms with Crippen molar-refractivity contribution in [2.75, 3.05) is 11.1 Å². The van der Waals surface area contributed by atoms with Crippen molar-refractivity contribution in [1.82, 2.24) is 9.97 Å². The zero-order valence-corrected chi connectivity index (χ0v) is 9.14. The molecule has 0 aliphatic heterocycles. The normalized spacial score (nSPS) is 10.1. The third kappa shape index (κ3) is 2.48. The molecule has 0 aromatic carbocycles. The van der Waals surface area contributed by atoms with Gasteiger partial charge in [0, 0.05) is 25.1 Å². The minimum absolute atomic E-state index is 0.675. The number of nitrogens with zero attached hydrogens (tertiary/aromatic N) is 2. The summed E-state index contributed by atoms with van der Waals surface area (Å²) in [5.41, 5.74) is 8.74. The van der Waals surface area contributed by atoms with Gasteiger partial charge in [-0.2, -0.15) is 0 Å². The molecular weight excluding hydrogens is 200 g/mol. The summed E-state index contributed by atoms with van der Waals surface area (Å²) in [4.78, 5) is 8.20. The summed E-state index contributed by atoms with van der Waals surface area (Å²) >= 11 is 0. The third-order valence-corrected chi connectivity index (χ3v) is 2.26. The fourth-order valence-corrected chi connectivity index (χ4v) is 1.43. The van der Waals surface area contributed by atoms with Gasteiger partial charge in [-0.3, -0.25) is 4.98 Å². The Morgan fingerprint density at radius 3 is 2.75 bits per heavy atom. The molecule has 2 aromatic heterocycles. The molecule has 0 saturated heterocycles. The van der Waals surface area contributed by atoms with Crippen molar-refractivity contribution in [2.24, 2.45) is 0 Å². The molecule has 3 N–H and O–H groups in total. The first kappa shape index (κ1) is 10.4. The van der Waals surface area contributed by atoms with Crippen molar-refractivity contribution in [3.05, 3.63) is 47.9 Å². The first-order valence-corrected chi connectivity index (χ1v) is 5.10. The second kappa shape index (κ2) is 4.61. The highest BCUT2D eigenvalue weighted by atomic mass is 15.0. The van der Waals surface area contributed by atoms with Gasteiger partial charge in [-0.25, -0.2) is 4.98 Å². The van der Waals surface area contributed by atoms with Gasteiger partial charge in [0.1, 0.15) is 5.82 Å². The lowest BCUT2D eigenvalue weighted by molar-refractivity contribution is 1.09. The highest BCUT2D eigenvalue weighted by Crippen LogP contribution is 2.16. The van der Waals surface area contributed by atoms with Crippen LogP contribution in [0.25, 0.3) is 0 Å². The maximum absolute atomic E-state index is 5.85. The maximum atomic E-state index is 5.85. The minimum atomic E-state index is 0.675. The lowest BCUT2D eigenvalue weighted by Gasteiger charge is -2.08. The van der Waals surface area contributed by atoms with E-state index in [9.17, 15) is 0 Å². The Hall–Kier alpha value is -2.10. The molecule has 0 fully saturated rings. The Kier molecular flexibility index (Phi) is 3.00. The van der Waals surface area contributed by atoms with Crippen molar-refractivity contribution in [2.45, 2.75) is 13.5 Å². The van der Waals surface area contributed by atoms with Crippen molar-refractivity contribution in [3.8, 4) is 0 Å². The molecular formula is C12H14N4. The number of rotatable bonds is 3. The van der Waals surface area contributed by atoms with E-state index in [4.69, 9.17) is 5.73 Å². The molecule has 0 aliphatic carbocycles. The molecule has 0 atom stereocenters. The van der Waals surface area contributed by atoms with Gasteiger partial charge in [0.2, 0.25) is 0 Å². The number of nitrogens with two attached hydrogens (primary N) is 1. The van der Waals surface area contributed by atoms with E-state index in [1.807, 2.05) is 25.1 Å². The summed E-state index contributed by atoms with van der Waals surface area (Å²) < 4.78 is 0. The second-order valence-electron chi connectivity index (χ2n) is 3.66. The van der Waals surface area contributed by atoms with Crippen molar-refractivity contribution < 1.29 is 0 Å². The van der Waals surface area contributed by atoms with E-state index < -0.39 is 0 Å². The van der Waals surface area contributed by atoms with E-state index in [2.05, 4.69) is 15.3 Å². The smallest absolute Gasteiger partial charge is 0.149 e. The van der Waals surface area contributed by atoms with Crippen LogP contribution in [0, 0.1) is 6.92 Å². The van der Waals surface area contributed by atoms with Gasteiger partial charge in [0.05, 0.1) is 5.69 Å². The fourth-order valence-electron chi connectivity index (χ4n) is 1.43.